The van der Waals surface area contributed by atoms with E-state index in [4.69, 9.17) is 9.47 Å². The predicted octanol–water partition coefficient (Wildman–Crippen LogP) is 2.06. The molecule has 8 heteroatoms. The number of carbonyl (C=O) groups is 3. The minimum Gasteiger partial charge on any atom is -0.486 e. The molecule has 8 nitrogen and oxygen atoms in total. The Labute approximate surface area is 180 Å². The molecular weight excluding hydrogens is 398 g/mol. The lowest BCUT2D eigenvalue weighted by molar-refractivity contribution is -0.133. The van der Waals surface area contributed by atoms with Crippen molar-refractivity contribution in [3.63, 3.8) is 0 Å². The van der Waals surface area contributed by atoms with Crippen molar-refractivity contribution in [2.45, 2.75) is 12.8 Å². The number of nitrogens with zero attached hydrogens (tertiary/aromatic N) is 1. The van der Waals surface area contributed by atoms with Gasteiger partial charge in [0.25, 0.3) is 5.91 Å². The van der Waals surface area contributed by atoms with Crippen LogP contribution in [0, 0.1) is 5.92 Å². The Morgan fingerprint density at radius 3 is 2.58 bits per heavy atom. The monoisotopic (exact) mass is 423 g/mol. The van der Waals surface area contributed by atoms with E-state index in [0.717, 1.165) is 6.42 Å². The summed E-state index contributed by atoms with van der Waals surface area (Å²) in [6.07, 6.45) is 1.44. The number of piperidine rings is 1. The SMILES string of the molecule is O=C(NCC(=O)N1CCCC(C(=O)Nc2ccc3c(c2)OCCO3)C1)c1ccccc1. The van der Waals surface area contributed by atoms with Crippen molar-refractivity contribution in [1.29, 1.82) is 0 Å². The Morgan fingerprint density at radius 1 is 1.00 bits per heavy atom. The first-order valence-electron chi connectivity index (χ1n) is 10.4. The van der Waals surface area contributed by atoms with Crippen LogP contribution >= 0.6 is 0 Å². The standard InChI is InChI=1S/C23H25N3O5/c27-21(14-24-22(28)16-5-2-1-3-6-16)26-10-4-7-17(15-26)23(29)25-18-8-9-19-20(13-18)31-12-11-30-19/h1-3,5-6,8-9,13,17H,4,7,10-12,14-15H2,(H,24,28)(H,25,29). The van der Waals surface area contributed by atoms with E-state index in [-0.39, 0.29) is 30.2 Å². The number of ether oxygens (including phenoxy) is 2. The van der Waals surface area contributed by atoms with Gasteiger partial charge in [-0.2, -0.15) is 0 Å². The van der Waals surface area contributed by atoms with Gasteiger partial charge in [-0.05, 0) is 37.1 Å². The number of likely N-dealkylation sites (tertiary alicyclic amines) is 1. The molecule has 2 aromatic carbocycles. The minimum absolute atomic E-state index is 0.0930. The number of carbonyl (C=O) groups excluding carboxylic acids is 3. The second-order valence-electron chi connectivity index (χ2n) is 7.58. The van der Waals surface area contributed by atoms with Crippen LogP contribution in [-0.2, 0) is 9.59 Å². The molecule has 1 unspecified atom stereocenters. The minimum atomic E-state index is -0.310. The molecule has 0 radical (unpaired) electrons. The number of benzene rings is 2. The second-order valence-corrected chi connectivity index (χ2v) is 7.58. The van der Waals surface area contributed by atoms with Gasteiger partial charge in [0.15, 0.2) is 11.5 Å². The van der Waals surface area contributed by atoms with Crippen LogP contribution in [-0.4, -0.2) is 55.5 Å². The van der Waals surface area contributed by atoms with Gasteiger partial charge >= 0.3 is 0 Å². The Hall–Kier alpha value is -3.55. The van der Waals surface area contributed by atoms with Crippen molar-refractivity contribution >= 4 is 23.4 Å². The molecular formula is C23H25N3O5. The van der Waals surface area contributed by atoms with Gasteiger partial charge in [0.2, 0.25) is 11.8 Å². The molecule has 2 aliphatic rings. The van der Waals surface area contributed by atoms with Gasteiger partial charge in [0.1, 0.15) is 13.2 Å². The normalized spacial score (nSPS) is 17.5. The zero-order valence-electron chi connectivity index (χ0n) is 17.1. The molecule has 0 saturated carbocycles. The molecule has 31 heavy (non-hydrogen) atoms. The highest BCUT2D eigenvalue weighted by Crippen LogP contribution is 2.33. The van der Waals surface area contributed by atoms with E-state index >= 15 is 0 Å². The number of anilines is 1. The van der Waals surface area contributed by atoms with E-state index in [0.29, 0.717) is 55.5 Å². The first-order chi connectivity index (χ1) is 15.1. The Bertz CT molecular complexity index is 963. The van der Waals surface area contributed by atoms with E-state index < -0.39 is 0 Å². The molecule has 0 spiro atoms. The van der Waals surface area contributed by atoms with Gasteiger partial charge in [0, 0.05) is 30.4 Å². The van der Waals surface area contributed by atoms with Crippen molar-refractivity contribution in [2.24, 2.45) is 5.92 Å². The van der Waals surface area contributed by atoms with Crippen LogP contribution in [0.3, 0.4) is 0 Å². The van der Waals surface area contributed by atoms with Gasteiger partial charge in [0.05, 0.1) is 12.5 Å². The third kappa shape index (κ3) is 5.14. The van der Waals surface area contributed by atoms with E-state index in [1.807, 2.05) is 6.07 Å². The summed E-state index contributed by atoms with van der Waals surface area (Å²) in [7, 11) is 0. The van der Waals surface area contributed by atoms with Crippen molar-refractivity contribution in [1.82, 2.24) is 10.2 Å². The quantitative estimate of drug-likeness (QED) is 0.767. The van der Waals surface area contributed by atoms with Gasteiger partial charge in [-0.1, -0.05) is 18.2 Å². The summed E-state index contributed by atoms with van der Waals surface area (Å²) in [5.41, 5.74) is 1.14. The van der Waals surface area contributed by atoms with Crippen molar-refractivity contribution in [3.8, 4) is 11.5 Å². The van der Waals surface area contributed by atoms with Gasteiger partial charge in [-0.15, -0.1) is 0 Å². The predicted molar refractivity (Wildman–Crippen MR) is 114 cm³/mol. The van der Waals surface area contributed by atoms with Crippen molar-refractivity contribution in [2.75, 3.05) is 38.2 Å². The Kier molecular flexibility index (Phi) is 6.35. The molecule has 1 atom stereocenters. The molecule has 2 heterocycles. The average molecular weight is 423 g/mol. The number of amides is 3. The summed E-state index contributed by atoms with van der Waals surface area (Å²) in [6, 6.07) is 14.0. The maximum absolute atomic E-state index is 12.8. The third-order valence-electron chi connectivity index (χ3n) is 5.39. The molecule has 3 amide bonds. The summed E-state index contributed by atoms with van der Waals surface area (Å²) >= 11 is 0. The van der Waals surface area contributed by atoms with Crippen LogP contribution in [0.2, 0.25) is 0 Å². The van der Waals surface area contributed by atoms with E-state index in [9.17, 15) is 14.4 Å². The number of hydrogen-bond donors (Lipinski definition) is 2. The Balaban J connectivity index is 1.30. The molecule has 2 aromatic rings. The molecule has 0 aromatic heterocycles. The maximum atomic E-state index is 12.8. The van der Waals surface area contributed by atoms with E-state index in [2.05, 4.69) is 10.6 Å². The first kappa shape index (κ1) is 20.7. The molecule has 0 aliphatic carbocycles. The van der Waals surface area contributed by atoms with Gasteiger partial charge in [-0.25, -0.2) is 0 Å². The summed E-state index contributed by atoms with van der Waals surface area (Å²) < 4.78 is 11.1. The topological polar surface area (TPSA) is 97.0 Å². The highest BCUT2D eigenvalue weighted by Gasteiger charge is 2.29. The molecule has 4 rings (SSSR count). The first-order valence-corrected chi connectivity index (χ1v) is 10.4. The fraction of sp³-hybridized carbons (Fsp3) is 0.348. The Morgan fingerprint density at radius 2 is 1.77 bits per heavy atom. The van der Waals surface area contributed by atoms with Crippen LogP contribution in [0.25, 0.3) is 0 Å². The molecule has 0 bridgehead atoms. The molecule has 1 saturated heterocycles. The zero-order valence-corrected chi connectivity index (χ0v) is 17.1. The lowest BCUT2D eigenvalue weighted by atomic mass is 9.97. The molecule has 2 aliphatic heterocycles. The molecule has 1 fully saturated rings. The van der Waals surface area contributed by atoms with Crippen molar-refractivity contribution < 1.29 is 23.9 Å². The van der Waals surface area contributed by atoms with Gasteiger partial charge in [-0.3, -0.25) is 14.4 Å². The summed E-state index contributed by atoms with van der Waals surface area (Å²) in [5, 5.41) is 5.56. The number of fused-ring (bicyclic) bond motifs is 1. The largest absolute Gasteiger partial charge is 0.486 e. The third-order valence-corrected chi connectivity index (χ3v) is 5.39. The van der Waals surface area contributed by atoms with E-state index in [1.54, 1.807) is 47.4 Å². The molecule has 2 N–H and O–H groups in total. The van der Waals surface area contributed by atoms with Crippen LogP contribution in [0.1, 0.15) is 23.2 Å². The van der Waals surface area contributed by atoms with E-state index in [1.165, 1.54) is 0 Å². The number of rotatable bonds is 5. The van der Waals surface area contributed by atoms with Crippen molar-refractivity contribution in [3.05, 3.63) is 54.1 Å². The fourth-order valence-corrected chi connectivity index (χ4v) is 3.74. The second kappa shape index (κ2) is 9.51. The van der Waals surface area contributed by atoms with Gasteiger partial charge < -0.3 is 25.0 Å². The maximum Gasteiger partial charge on any atom is 0.251 e. The number of hydrogen-bond acceptors (Lipinski definition) is 5. The highest BCUT2D eigenvalue weighted by molar-refractivity contribution is 5.97. The van der Waals surface area contributed by atoms with Crippen LogP contribution in [0.4, 0.5) is 5.69 Å². The summed E-state index contributed by atoms with van der Waals surface area (Å²) in [5.74, 6) is 0.341. The summed E-state index contributed by atoms with van der Waals surface area (Å²) in [6.45, 7) is 1.80. The fourth-order valence-electron chi connectivity index (χ4n) is 3.74. The number of nitrogens with one attached hydrogen (secondary N) is 2. The van der Waals surface area contributed by atoms with Crippen LogP contribution in [0.15, 0.2) is 48.5 Å². The lowest BCUT2D eigenvalue weighted by Gasteiger charge is -2.32. The lowest BCUT2D eigenvalue weighted by Crippen LogP contribution is -2.47. The van der Waals surface area contributed by atoms with Crippen LogP contribution in [0.5, 0.6) is 11.5 Å². The van der Waals surface area contributed by atoms with Crippen LogP contribution < -0.4 is 20.1 Å². The average Bonchev–Trinajstić information content (AvgIpc) is 2.83. The molecule has 162 valence electrons. The summed E-state index contributed by atoms with van der Waals surface area (Å²) in [4.78, 5) is 39.1. The smallest absolute Gasteiger partial charge is 0.251 e. The zero-order chi connectivity index (χ0) is 21.6. The highest BCUT2D eigenvalue weighted by atomic mass is 16.6.